The molecule has 0 aliphatic carbocycles. The summed E-state index contributed by atoms with van der Waals surface area (Å²) in [5, 5.41) is 3.52. The van der Waals surface area contributed by atoms with Crippen molar-refractivity contribution < 1.29 is 4.74 Å². The van der Waals surface area contributed by atoms with Crippen molar-refractivity contribution in [3.8, 4) is 0 Å². The van der Waals surface area contributed by atoms with Crippen LogP contribution in [0.4, 0.5) is 5.69 Å². The lowest BCUT2D eigenvalue weighted by Gasteiger charge is -2.35. The second-order valence-corrected chi connectivity index (χ2v) is 6.73. The monoisotopic (exact) mass is 338 g/mol. The molecule has 2 heterocycles. The van der Waals surface area contributed by atoms with Crippen LogP contribution >= 0.6 is 15.9 Å². The Labute approximate surface area is 129 Å². The van der Waals surface area contributed by atoms with Crippen LogP contribution in [0.5, 0.6) is 0 Å². The first-order chi connectivity index (χ1) is 9.76. The zero-order chi connectivity index (χ0) is 13.9. The number of benzene rings is 1. The van der Waals surface area contributed by atoms with Gasteiger partial charge in [0.1, 0.15) is 0 Å². The summed E-state index contributed by atoms with van der Waals surface area (Å²) in [5.41, 5.74) is 2.76. The van der Waals surface area contributed by atoms with Crippen LogP contribution in [-0.4, -0.2) is 31.8 Å². The van der Waals surface area contributed by atoms with Crippen LogP contribution in [0.1, 0.15) is 31.7 Å². The molecular formula is C16H23BrN2O. The molecule has 2 saturated heterocycles. The van der Waals surface area contributed by atoms with Crippen LogP contribution in [-0.2, 0) is 11.3 Å². The number of hydrogen-bond acceptors (Lipinski definition) is 3. The normalized spacial score (nSPS) is 25.2. The Morgan fingerprint density at radius 1 is 1.30 bits per heavy atom. The molecule has 1 aromatic rings. The van der Waals surface area contributed by atoms with E-state index in [9.17, 15) is 0 Å². The molecule has 0 saturated carbocycles. The summed E-state index contributed by atoms with van der Waals surface area (Å²) in [5.74, 6) is 0. The third-order valence-corrected chi connectivity index (χ3v) is 4.66. The Balaban J connectivity index is 1.77. The summed E-state index contributed by atoms with van der Waals surface area (Å²) in [6.45, 7) is 6.29. The van der Waals surface area contributed by atoms with Crippen molar-refractivity contribution in [2.45, 2.75) is 44.9 Å². The summed E-state index contributed by atoms with van der Waals surface area (Å²) in [7, 11) is 0. The molecule has 2 aliphatic rings. The average Bonchev–Trinajstić information content (AvgIpc) is 2.78. The molecule has 2 atom stereocenters. The van der Waals surface area contributed by atoms with Gasteiger partial charge in [0, 0.05) is 29.8 Å². The largest absolute Gasteiger partial charge is 0.371 e. The summed E-state index contributed by atoms with van der Waals surface area (Å²) in [4.78, 5) is 2.52. The highest BCUT2D eigenvalue weighted by Gasteiger charge is 2.34. The van der Waals surface area contributed by atoms with E-state index in [0.717, 1.165) is 30.7 Å². The Kier molecular flexibility index (Phi) is 4.64. The van der Waals surface area contributed by atoms with Gasteiger partial charge in [-0.15, -0.1) is 0 Å². The van der Waals surface area contributed by atoms with E-state index in [0.29, 0.717) is 12.2 Å². The van der Waals surface area contributed by atoms with E-state index < -0.39 is 0 Å². The average molecular weight is 339 g/mol. The fraction of sp³-hybridized carbons (Fsp3) is 0.625. The lowest BCUT2D eigenvalue weighted by atomic mass is 10.1. The minimum absolute atomic E-state index is 0.439. The molecule has 0 aromatic heterocycles. The van der Waals surface area contributed by atoms with E-state index in [2.05, 4.69) is 51.3 Å². The quantitative estimate of drug-likeness (QED) is 0.833. The zero-order valence-electron chi connectivity index (χ0n) is 12.1. The summed E-state index contributed by atoms with van der Waals surface area (Å²) >= 11 is 3.59. The first-order valence-electron chi connectivity index (χ1n) is 7.66. The van der Waals surface area contributed by atoms with E-state index in [1.807, 2.05) is 0 Å². The van der Waals surface area contributed by atoms with Crippen molar-refractivity contribution in [1.29, 1.82) is 0 Å². The molecule has 1 N–H and O–H groups in total. The van der Waals surface area contributed by atoms with Crippen LogP contribution in [0.15, 0.2) is 22.7 Å². The maximum absolute atomic E-state index is 5.94. The standard InChI is InChI=1S/C16H23BrN2O/c1-2-7-18-9-12-8-13(17)3-6-16(12)19-10-14-4-5-15(11-19)20-14/h3,6,8,14-15,18H,2,4-5,7,9-11H2,1H3. The molecule has 3 nitrogen and oxygen atoms in total. The van der Waals surface area contributed by atoms with Gasteiger partial charge in [0.05, 0.1) is 12.2 Å². The number of ether oxygens (including phenoxy) is 1. The van der Waals surface area contributed by atoms with Gasteiger partial charge in [0.2, 0.25) is 0 Å². The molecule has 1 aromatic carbocycles. The van der Waals surface area contributed by atoms with Crippen molar-refractivity contribution in [1.82, 2.24) is 5.32 Å². The summed E-state index contributed by atoms with van der Waals surface area (Å²) < 4.78 is 7.10. The molecule has 0 amide bonds. The van der Waals surface area contributed by atoms with Gasteiger partial charge in [0.15, 0.2) is 0 Å². The van der Waals surface area contributed by atoms with Crippen LogP contribution in [0, 0.1) is 0 Å². The van der Waals surface area contributed by atoms with Crippen molar-refractivity contribution in [3.63, 3.8) is 0 Å². The number of rotatable bonds is 5. The van der Waals surface area contributed by atoms with Crippen molar-refractivity contribution >= 4 is 21.6 Å². The number of morpholine rings is 1. The second-order valence-electron chi connectivity index (χ2n) is 5.81. The number of halogens is 1. The Bertz CT molecular complexity index is 454. The lowest BCUT2D eigenvalue weighted by molar-refractivity contribution is 0.0304. The lowest BCUT2D eigenvalue weighted by Crippen LogP contribution is -2.43. The van der Waals surface area contributed by atoms with E-state index in [-0.39, 0.29) is 0 Å². The Morgan fingerprint density at radius 3 is 2.75 bits per heavy atom. The number of fused-ring (bicyclic) bond motifs is 2. The molecule has 2 unspecified atom stereocenters. The molecule has 2 fully saturated rings. The van der Waals surface area contributed by atoms with E-state index in [1.165, 1.54) is 30.5 Å². The van der Waals surface area contributed by atoms with Gasteiger partial charge in [0.25, 0.3) is 0 Å². The molecule has 0 radical (unpaired) electrons. The zero-order valence-corrected chi connectivity index (χ0v) is 13.7. The van der Waals surface area contributed by atoms with Gasteiger partial charge in [-0.3, -0.25) is 0 Å². The molecule has 0 spiro atoms. The molecule has 2 aliphatic heterocycles. The Morgan fingerprint density at radius 2 is 2.05 bits per heavy atom. The summed E-state index contributed by atoms with van der Waals surface area (Å²) in [6.07, 6.45) is 4.50. The molecule has 110 valence electrons. The van der Waals surface area contributed by atoms with Crippen molar-refractivity contribution in [3.05, 3.63) is 28.2 Å². The number of anilines is 1. The van der Waals surface area contributed by atoms with Crippen LogP contribution in [0.25, 0.3) is 0 Å². The smallest absolute Gasteiger partial charge is 0.0755 e. The third kappa shape index (κ3) is 3.18. The SMILES string of the molecule is CCCNCc1cc(Br)ccc1N1CC2CCC(C1)O2. The van der Waals surface area contributed by atoms with Gasteiger partial charge in [-0.05, 0) is 49.6 Å². The van der Waals surface area contributed by atoms with Crippen LogP contribution in [0.2, 0.25) is 0 Å². The molecule has 20 heavy (non-hydrogen) atoms. The second kappa shape index (κ2) is 6.46. The van der Waals surface area contributed by atoms with E-state index >= 15 is 0 Å². The fourth-order valence-corrected chi connectivity index (χ4v) is 3.62. The summed E-state index contributed by atoms with van der Waals surface area (Å²) in [6, 6.07) is 6.64. The minimum atomic E-state index is 0.439. The highest BCUT2D eigenvalue weighted by molar-refractivity contribution is 9.10. The van der Waals surface area contributed by atoms with E-state index in [4.69, 9.17) is 4.74 Å². The van der Waals surface area contributed by atoms with Gasteiger partial charge >= 0.3 is 0 Å². The van der Waals surface area contributed by atoms with Crippen LogP contribution in [0.3, 0.4) is 0 Å². The molecular weight excluding hydrogens is 316 g/mol. The topological polar surface area (TPSA) is 24.5 Å². The van der Waals surface area contributed by atoms with E-state index in [1.54, 1.807) is 0 Å². The maximum Gasteiger partial charge on any atom is 0.0755 e. The molecule has 3 rings (SSSR count). The number of nitrogens with one attached hydrogen (secondary N) is 1. The van der Waals surface area contributed by atoms with Gasteiger partial charge in [-0.2, -0.15) is 0 Å². The molecule has 2 bridgehead atoms. The van der Waals surface area contributed by atoms with Crippen LogP contribution < -0.4 is 10.2 Å². The minimum Gasteiger partial charge on any atom is -0.371 e. The van der Waals surface area contributed by atoms with Gasteiger partial charge in [-0.25, -0.2) is 0 Å². The first-order valence-corrected chi connectivity index (χ1v) is 8.45. The van der Waals surface area contributed by atoms with Crippen molar-refractivity contribution in [2.75, 3.05) is 24.5 Å². The third-order valence-electron chi connectivity index (χ3n) is 4.17. The molecule has 4 heteroatoms. The highest BCUT2D eigenvalue weighted by Crippen LogP contribution is 2.32. The predicted molar refractivity (Wildman–Crippen MR) is 86.2 cm³/mol. The van der Waals surface area contributed by atoms with Crippen molar-refractivity contribution in [2.24, 2.45) is 0 Å². The fourth-order valence-electron chi connectivity index (χ4n) is 3.22. The predicted octanol–water partition coefficient (Wildman–Crippen LogP) is 3.32. The maximum atomic E-state index is 5.94. The Hall–Kier alpha value is -0.580. The number of hydrogen-bond donors (Lipinski definition) is 1. The number of nitrogens with zero attached hydrogens (tertiary/aromatic N) is 1. The highest BCUT2D eigenvalue weighted by atomic mass is 79.9. The van der Waals surface area contributed by atoms with Gasteiger partial charge < -0.3 is 15.0 Å². The first kappa shape index (κ1) is 14.4. The van der Waals surface area contributed by atoms with Gasteiger partial charge in [-0.1, -0.05) is 22.9 Å².